The second kappa shape index (κ2) is 7.28. The molecule has 0 aromatic heterocycles. The van der Waals surface area contributed by atoms with Crippen molar-refractivity contribution in [3.05, 3.63) is 0 Å². The SMILES string of the molecule is CC(C)(C)C(=O)NCSSCNC(=O)C(C)(C)C. The van der Waals surface area contributed by atoms with Crippen LogP contribution in [0.1, 0.15) is 41.5 Å². The molecule has 2 amide bonds. The van der Waals surface area contributed by atoms with Crippen molar-refractivity contribution >= 4 is 33.4 Å². The molecule has 6 heteroatoms. The van der Waals surface area contributed by atoms with Crippen molar-refractivity contribution in [3.8, 4) is 0 Å². The van der Waals surface area contributed by atoms with Gasteiger partial charge in [-0.2, -0.15) is 0 Å². The Kier molecular flexibility index (Phi) is 7.14. The average molecular weight is 292 g/mol. The van der Waals surface area contributed by atoms with Crippen LogP contribution in [0, 0.1) is 10.8 Å². The Morgan fingerprint density at radius 2 is 1.06 bits per heavy atom. The van der Waals surface area contributed by atoms with E-state index in [1.165, 1.54) is 21.6 Å². The van der Waals surface area contributed by atoms with Crippen LogP contribution in [0.2, 0.25) is 0 Å². The van der Waals surface area contributed by atoms with Gasteiger partial charge in [0.2, 0.25) is 11.8 Å². The first-order valence-corrected chi connectivity index (χ1v) is 8.35. The molecular weight excluding hydrogens is 268 g/mol. The number of nitrogens with one attached hydrogen (secondary N) is 2. The second-order valence-electron chi connectivity index (χ2n) is 6.04. The molecule has 0 radical (unpaired) electrons. The summed E-state index contributed by atoms with van der Waals surface area (Å²) in [5, 5.41) is 5.66. The van der Waals surface area contributed by atoms with Crippen LogP contribution < -0.4 is 10.6 Å². The number of rotatable bonds is 5. The van der Waals surface area contributed by atoms with Crippen molar-refractivity contribution in [1.82, 2.24) is 10.6 Å². The minimum Gasteiger partial charge on any atom is -0.346 e. The van der Waals surface area contributed by atoms with E-state index in [-0.39, 0.29) is 22.6 Å². The maximum absolute atomic E-state index is 11.5. The van der Waals surface area contributed by atoms with Gasteiger partial charge in [0, 0.05) is 10.8 Å². The normalized spacial score (nSPS) is 12.1. The molecule has 0 saturated heterocycles. The van der Waals surface area contributed by atoms with Crippen molar-refractivity contribution in [3.63, 3.8) is 0 Å². The van der Waals surface area contributed by atoms with Gasteiger partial charge in [-0.05, 0) is 0 Å². The number of hydrogen-bond donors (Lipinski definition) is 2. The maximum atomic E-state index is 11.5. The number of hydrogen-bond acceptors (Lipinski definition) is 4. The number of carbonyl (C=O) groups is 2. The smallest absolute Gasteiger partial charge is 0.226 e. The highest BCUT2D eigenvalue weighted by atomic mass is 33.1. The fraction of sp³-hybridized carbons (Fsp3) is 0.833. The molecule has 106 valence electrons. The highest BCUT2D eigenvalue weighted by molar-refractivity contribution is 8.76. The summed E-state index contributed by atoms with van der Waals surface area (Å²) in [5.74, 6) is 1.17. The van der Waals surface area contributed by atoms with E-state index in [0.29, 0.717) is 11.8 Å². The lowest BCUT2D eigenvalue weighted by molar-refractivity contribution is -0.128. The molecule has 0 aliphatic rings. The topological polar surface area (TPSA) is 58.2 Å². The standard InChI is InChI=1S/C12H24N2O2S2/c1-11(2,3)9(15)13-7-17-18-8-14-10(16)12(4,5)6/h7-8H2,1-6H3,(H,13,15)(H,14,16). The minimum absolute atomic E-state index is 0.0364. The van der Waals surface area contributed by atoms with Gasteiger partial charge >= 0.3 is 0 Å². The Morgan fingerprint density at radius 3 is 1.28 bits per heavy atom. The van der Waals surface area contributed by atoms with E-state index in [9.17, 15) is 9.59 Å². The van der Waals surface area contributed by atoms with E-state index in [0.717, 1.165) is 0 Å². The quantitative estimate of drug-likeness (QED) is 0.464. The van der Waals surface area contributed by atoms with Gasteiger partial charge in [0.05, 0.1) is 11.8 Å². The summed E-state index contributed by atoms with van der Waals surface area (Å²) in [4.78, 5) is 23.1. The van der Waals surface area contributed by atoms with Crippen LogP contribution in [0.25, 0.3) is 0 Å². The van der Waals surface area contributed by atoms with Crippen LogP contribution in [-0.2, 0) is 9.59 Å². The predicted molar refractivity (Wildman–Crippen MR) is 80.1 cm³/mol. The van der Waals surface area contributed by atoms with E-state index in [1.54, 1.807) is 0 Å². The predicted octanol–water partition coefficient (Wildman–Crippen LogP) is 2.61. The summed E-state index contributed by atoms with van der Waals surface area (Å²) >= 11 is 0. The Labute approximate surface area is 118 Å². The van der Waals surface area contributed by atoms with Gasteiger partial charge < -0.3 is 10.6 Å². The van der Waals surface area contributed by atoms with Crippen molar-refractivity contribution in [2.45, 2.75) is 41.5 Å². The second-order valence-corrected chi connectivity index (χ2v) is 8.50. The molecule has 0 aliphatic heterocycles. The monoisotopic (exact) mass is 292 g/mol. The zero-order valence-electron chi connectivity index (χ0n) is 12.0. The third-order valence-corrected chi connectivity index (χ3v) is 3.93. The van der Waals surface area contributed by atoms with Gasteiger partial charge in [-0.15, -0.1) is 0 Å². The summed E-state index contributed by atoms with van der Waals surface area (Å²) in [6.07, 6.45) is 0. The van der Waals surface area contributed by atoms with Gasteiger partial charge in [-0.3, -0.25) is 9.59 Å². The molecule has 0 spiro atoms. The Balaban J connectivity index is 3.60. The molecule has 0 saturated carbocycles. The highest BCUT2D eigenvalue weighted by Gasteiger charge is 2.21. The maximum Gasteiger partial charge on any atom is 0.226 e. The molecule has 18 heavy (non-hydrogen) atoms. The zero-order valence-corrected chi connectivity index (χ0v) is 13.7. The lowest BCUT2D eigenvalue weighted by Crippen LogP contribution is -2.35. The van der Waals surface area contributed by atoms with E-state index in [1.807, 2.05) is 41.5 Å². The van der Waals surface area contributed by atoms with E-state index >= 15 is 0 Å². The molecule has 0 rings (SSSR count). The first-order chi connectivity index (χ1) is 8.05. The first-order valence-electron chi connectivity index (χ1n) is 5.86. The molecule has 4 nitrogen and oxygen atoms in total. The largest absolute Gasteiger partial charge is 0.346 e. The van der Waals surface area contributed by atoms with Gasteiger partial charge in [-0.1, -0.05) is 63.1 Å². The average Bonchev–Trinajstić information content (AvgIpc) is 2.19. The van der Waals surface area contributed by atoms with Gasteiger partial charge in [0.1, 0.15) is 0 Å². The van der Waals surface area contributed by atoms with Crippen molar-refractivity contribution in [2.75, 3.05) is 11.8 Å². The van der Waals surface area contributed by atoms with E-state index in [4.69, 9.17) is 0 Å². The first kappa shape index (κ1) is 17.6. The summed E-state index contributed by atoms with van der Waals surface area (Å²) in [5.41, 5.74) is -0.711. The van der Waals surface area contributed by atoms with Crippen LogP contribution in [0.4, 0.5) is 0 Å². The Morgan fingerprint density at radius 1 is 0.778 bits per heavy atom. The number of amides is 2. The molecule has 0 aliphatic carbocycles. The zero-order chi connectivity index (χ0) is 14.4. The van der Waals surface area contributed by atoms with Gasteiger partial charge in [0.15, 0.2) is 0 Å². The molecular formula is C12H24N2O2S2. The molecule has 0 fully saturated rings. The fourth-order valence-electron chi connectivity index (χ4n) is 0.804. The van der Waals surface area contributed by atoms with Crippen LogP contribution in [0.5, 0.6) is 0 Å². The molecule has 0 atom stereocenters. The summed E-state index contributed by atoms with van der Waals surface area (Å²) in [6.45, 7) is 11.3. The Hall–Kier alpha value is -0.360. The van der Waals surface area contributed by atoms with Crippen LogP contribution in [0.15, 0.2) is 0 Å². The van der Waals surface area contributed by atoms with Crippen LogP contribution in [-0.4, -0.2) is 23.6 Å². The summed E-state index contributed by atoms with van der Waals surface area (Å²) < 4.78 is 0. The van der Waals surface area contributed by atoms with Crippen LogP contribution >= 0.6 is 21.6 Å². The van der Waals surface area contributed by atoms with Gasteiger partial charge in [-0.25, -0.2) is 0 Å². The van der Waals surface area contributed by atoms with E-state index < -0.39 is 0 Å². The third kappa shape index (κ3) is 7.87. The summed E-state index contributed by atoms with van der Waals surface area (Å²) in [7, 11) is 3.04. The molecule has 2 N–H and O–H groups in total. The van der Waals surface area contributed by atoms with Crippen molar-refractivity contribution in [1.29, 1.82) is 0 Å². The van der Waals surface area contributed by atoms with Gasteiger partial charge in [0.25, 0.3) is 0 Å². The van der Waals surface area contributed by atoms with Crippen LogP contribution in [0.3, 0.4) is 0 Å². The highest BCUT2D eigenvalue weighted by Crippen LogP contribution is 2.20. The molecule has 0 unspecified atom stereocenters. The minimum atomic E-state index is -0.355. The van der Waals surface area contributed by atoms with Crippen molar-refractivity contribution in [2.24, 2.45) is 10.8 Å². The fourth-order valence-corrected chi connectivity index (χ4v) is 2.20. The lowest BCUT2D eigenvalue weighted by atomic mass is 9.96. The molecule has 0 bridgehead atoms. The lowest BCUT2D eigenvalue weighted by Gasteiger charge is -2.18. The summed E-state index contributed by atoms with van der Waals surface area (Å²) in [6, 6.07) is 0. The molecule has 0 aromatic carbocycles. The van der Waals surface area contributed by atoms with E-state index in [2.05, 4.69) is 10.6 Å². The Bertz CT molecular complexity index is 263. The number of carbonyl (C=O) groups excluding carboxylic acids is 2. The van der Waals surface area contributed by atoms with Crippen molar-refractivity contribution < 1.29 is 9.59 Å². The molecule has 0 aromatic rings. The third-order valence-electron chi connectivity index (χ3n) is 2.03. The molecule has 0 heterocycles.